The predicted molar refractivity (Wildman–Crippen MR) is 114 cm³/mol. The highest BCUT2D eigenvalue weighted by molar-refractivity contribution is 5.95. The normalized spacial score (nSPS) is 10.8. The van der Waals surface area contributed by atoms with Crippen LogP contribution in [0.3, 0.4) is 0 Å². The molecular formula is C23H30N2O3. The van der Waals surface area contributed by atoms with Gasteiger partial charge in [-0.25, -0.2) is 0 Å². The second-order valence-electron chi connectivity index (χ2n) is 7.37. The molecule has 0 aliphatic rings. The Morgan fingerprint density at radius 3 is 2.21 bits per heavy atom. The Bertz CT molecular complexity index is 798. The average molecular weight is 383 g/mol. The molecule has 0 aliphatic heterocycles. The topological polar surface area (TPSA) is 58.6 Å². The van der Waals surface area contributed by atoms with E-state index in [1.807, 2.05) is 62.4 Å². The summed E-state index contributed by atoms with van der Waals surface area (Å²) in [5.74, 6) is 0.856. The van der Waals surface area contributed by atoms with E-state index in [9.17, 15) is 9.59 Å². The number of carbonyl (C=O) groups is 2. The summed E-state index contributed by atoms with van der Waals surface area (Å²) >= 11 is 0. The summed E-state index contributed by atoms with van der Waals surface area (Å²) in [5.41, 5.74) is 2.67. The summed E-state index contributed by atoms with van der Waals surface area (Å²) in [6.07, 6.45) is 0.308. The summed E-state index contributed by atoms with van der Waals surface area (Å²) in [7, 11) is 0. The van der Waals surface area contributed by atoms with Crippen molar-refractivity contribution in [1.82, 2.24) is 0 Å². The number of rotatable bonds is 8. The van der Waals surface area contributed by atoms with Crippen LogP contribution in [-0.4, -0.2) is 24.5 Å². The number of anilines is 2. The van der Waals surface area contributed by atoms with Gasteiger partial charge in [0, 0.05) is 31.3 Å². The predicted octanol–water partition coefficient (Wildman–Crippen LogP) is 4.98. The summed E-state index contributed by atoms with van der Waals surface area (Å²) < 4.78 is 5.64. The maximum Gasteiger partial charge on any atom is 0.226 e. The van der Waals surface area contributed by atoms with Crippen LogP contribution in [0, 0.1) is 0 Å². The number of ether oxygens (including phenoxy) is 1. The summed E-state index contributed by atoms with van der Waals surface area (Å²) in [6, 6.07) is 15.1. The van der Waals surface area contributed by atoms with Crippen molar-refractivity contribution < 1.29 is 14.3 Å². The molecule has 28 heavy (non-hydrogen) atoms. The lowest BCUT2D eigenvalue weighted by atomic mass is 10.0. The van der Waals surface area contributed by atoms with Gasteiger partial charge in [0.15, 0.2) is 0 Å². The second-order valence-corrected chi connectivity index (χ2v) is 7.37. The molecule has 0 saturated heterocycles. The van der Waals surface area contributed by atoms with Gasteiger partial charge < -0.3 is 15.0 Å². The van der Waals surface area contributed by atoms with Crippen LogP contribution in [-0.2, 0) is 9.59 Å². The maximum absolute atomic E-state index is 12.5. The maximum atomic E-state index is 12.5. The van der Waals surface area contributed by atoms with Gasteiger partial charge in [-0.05, 0) is 55.7 Å². The molecule has 0 saturated carbocycles. The molecule has 0 atom stereocenters. The molecule has 0 aromatic heterocycles. The molecule has 0 aliphatic carbocycles. The van der Waals surface area contributed by atoms with Gasteiger partial charge in [0.05, 0.1) is 6.10 Å². The van der Waals surface area contributed by atoms with Crippen molar-refractivity contribution in [3.05, 3.63) is 54.1 Å². The molecule has 0 fully saturated rings. The molecule has 2 amide bonds. The number of nitrogens with one attached hydrogen (secondary N) is 1. The number of para-hydroxylation sites is 1. The molecule has 0 radical (unpaired) electrons. The minimum absolute atomic E-state index is 0.0900. The average Bonchev–Trinajstić information content (AvgIpc) is 2.62. The molecule has 2 aromatic rings. The SMILES string of the molecule is CC(=O)N(CCC(=O)Nc1ccccc1C(C)C)c1ccc(OC(C)C)cc1. The zero-order chi connectivity index (χ0) is 20.7. The minimum atomic E-state index is -0.112. The van der Waals surface area contributed by atoms with Crippen molar-refractivity contribution in [3.63, 3.8) is 0 Å². The van der Waals surface area contributed by atoms with E-state index < -0.39 is 0 Å². The van der Waals surface area contributed by atoms with Crippen LogP contribution in [0.25, 0.3) is 0 Å². The number of hydrogen-bond donors (Lipinski definition) is 1. The molecule has 5 heteroatoms. The summed E-state index contributed by atoms with van der Waals surface area (Å²) in [5, 5.41) is 2.97. The van der Waals surface area contributed by atoms with Crippen molar-refractivity contribution in [3.8, 4) is 5.75 Å². The number of hydrogen-bond acceptors (Lipinski definition) is 3. The molecule has 0 spiro atoms. The van der Waals surface area contributed by atoms with Crippen molar-refractivity contribution in [1.29, 1.82) is 0 Å². The third-order valence-corrected chi connectivity index (χ3v) is 4.32. The standard InChI is InChI=1S/C23H30N2O3/c1-16(2)21-8-6-7-9-22(21)24-23(27)14-15-25(18(5)26)19-10-12-20(13-11-19)28-17(3)4/h6-13,16-17H,14-15H2,1-5H3,(H,24,27). The van der Waals surface area contributed by atoms with Crippen LogP contribution in [0.2, 0.25) is 0 Å². The lowest BCUT2D eigenvalue weighted by Crippen LogP contribution is -2.32. The number of amides is 2. The Morgan fingerprint density at radius 2 is 1.64 bits per heavy atom. The van der Waals surface area contributed by atoms with E-state index in [1.165, 1.54) is 6.92 Å². The molecule has 0 bridgehead atoms. The first-order valence-electron chi connectivity index (χ1n) is 9.71. The molecule has 2 rings (SSSR count). The zero-order valence-corrected chi connectivity index (χ0v) is 17.4. The van der Waals surface area contributed by atoms with Gasteiger partial charge in [-0.3, -0.25) is 9.59 Å². The smallest absolute Gasteiger partial charge is 0.226 e. The van der Waals surface area contributed by atoms with E-state index in [2.05, 4.69) is 19.2 Å². The third kappa shape index (κ3) is 6.12. The third-order valence-electron chi connectivity index (χ3n) is 4.32. The van der Waals surface area contributed by atoms with E-state index in [0.29, 0.717) is 12.5 Å². The van der Waals surface area contributed by atoms with Gasteiger partial charge in [0.25, 0.3) is 0 Å². The van der Waals surface area contributed by atoms with E-state index in [1.54, 1.807) is 4.90 Å². The number of benzene rings is 2. The van der Waals surface area contributed by atoms with Gasteiger partial charge >= 0.3 is 0 Å². The van der Waals surface area contributed by atoms with Gasteiger partial charge in [-0.1, -0.05) is 32.0 Å². The largest absolute Gasteiger partial charge is 0.491 e. The monoisotopic (exact) mass is 382 g/mol. The highest BCUT2D eigenvalue weighted by Gasteiger charge is 2.15. The number of nitrogens with zero attached hydrogens (tertiary/aromatic N) is 1. The first-order valence-corrected chi connectivity index (χ1v) is 9.71. The molecular weight excluding hydrogens is 352 g/mol. The summed E-state index contributed by atoms with van der Waals surface area (Å²) in [4.78, 5) is 26.1. The Kier molecular flexibility index (Phi) is 7.61. The molecule has 2 aromatic carbocycles. The molecule has 0 heterocycles. The fourth-order valence-electron chi connectivity index (χ4n) is 2.99. The molecule has 1 N–H and O–H groups in total. The van der Waals surface area contributed by atoms with Crippen LogP contribution < -0.4 is 15.0 Å². The van der Waals surface area contributed by atoms with Crippen LogP contribution in [0.4, 0.5) is 11.4 Å². The Hall–Kier alpha value is -2.82. The number of carbonyl (C=O) groups excluding carboxylic acids is 2. The van der Waals surface area contributed by atoms with Crippen molar-refractivity contribution in [2.75, 3.05) is 16.8 Å². The zero-order valence-electron chi connectivity index (χ0n) is 17.4. The fourth-order valence-corrected chi connectivity index (χ4v) is 2.99. The van der Waals surface area contributed by atoms with Gasteiger partial charge in [0.2, 0.25) is 11.8 Å². The van der Waals surface area contributed by atoms with E-state index in [4.69, 9.17) is 4.74 Å². The van der Waals surface area contributed by atoms with Crippen LogP contribution in [0.5, 0.6) is 5.75 Å². The van der Waals surface area contributed by atoms with Gasteiger partial charge in [-0.15, -0.1) is 0 Å². The van der Waals surface area contributed by atoms with Crippen LogP contribution in [0.1, 0.15) is 52.5 Å². The molecule has 0 unspecified atom stereocenters. The molecule has 150 valence electrons. The summed E-state index contributed by atoms with van der Waals surface area (Å²) in [6.45, 7) is 9.93. The lowest BCUT2D eigenvalue weighted by Gasteiger charge is -2.22. The second kappa shape index (κ2) is 9.93. The fraction of sp³-hybridized carbons (Fsp3) is 0.391. The van der Waals surface area contributed by atoms with Crippen molar-refractivity contribution in [2.45, 2.75) is 53.1 Å². The minimum Gasteiger partial charge on any atom is -0.491 e. The highest BCUT2D eigenvalue weighted by Crippen LogP contribution is 2.24. The van der Waals surface area contributed by atoms with Gasteiger partial charge in [-0.2, -0.15) is 0 Å². The quantitative estimate of drug-likeness (QED) is 0.700. The van der Waals surface area contributed by atoms with E-state index >= 15 is 0 Å². The van der Waals surface area contributed by atoms with Gasteiger partial charge in [0.1, 0.15) is 5.75 Å². The molecule has 5 nitrogen and oxygen atoms in total. The first-order chi connectivity index (χ1) is 13.3. The van der Waals surface area contributed by atoms with Crippen LogP contribution in [0.15, 0.2) is 48.5 Å². The first kappa shape index (κ1) is 21.5. The van der Waals surface area contributed by atoms with Crippen LogP contribution >= 0.6 is 0 Å². The Balaban J connectivity index is 2.01. The Labute approximate surface area is 167 Å². The van der Waals surface area contributed by atoms with E-state index in [0.717, 1.165) is 22.7 Å². The van der Waals surface area contributed by atoms with Crippen molar-refractivity contribution >= 4 is 23.2 Å². The van der Waals surface area contributed by atoms with E-state index in [-0.39, 0.29) is 24.3 Å². The Morgan fingerprint density at radius 1 is 1.00 bits per heavy atom. The van der Waals surface area contributed by atoms with Crippen molar-refractivity contribution in [2.24, 2.45) is 0 Å². The lowest BCUT2D eigenvalue weighted by molar-refractivity contribution is -0.117. The highest BCUT2D eigenvalue weighted by atomic mass is 16.5.